The van der Waals surface area contributed by atoms with E-state index in [9.17, 15) is 4.79 Å². The summed E-state index contributed by atoms with van der Waals surface area (Å²) in [6.45, 7) is 11.8. The van der Waals surface area contributed by atoms with E-state index in [1.165, 1.54) is 11.3 Å². The lowest BCUT2D eigenvalue weighted by atomic mass is 10.2. The SMILES string of the molecule is CCCc1nc(C)c(C(=O)Nc2cc(OCC)c(N3CCOCC3)cc2OCC)s1. The Balaban J connectivity index is 1.92. The molecule has 1 aromatic carbocycles. The van der Waals surface area contributed by atoms with Crippen LogP contribution in [-0.2, 0) is 11.2 Å². The van der Waals surface area contributed by atoms with Gasteiger partial charge < -0.3 is 24.4 Å². The van der Waals surface area contributed by atoms with E-state index in [4.69, 9.17) is 14.2 Å². The third-order valence-corrected chi connectivity index (χ3v) is 5.99. The number of aryl methyl sites for hydroxylation is 2. The summed E-state index contributed by atoms with van der Waals surface area (Å²) < 4.78 is 17.3. The molecule has 1 aliphatic heterocycles. The molecule has 30 heavy (non-hydrogen) atoms. The third-order valence-electron chi connectivity index (χ3n) is 4.77. The molecule has 1 aromatic heterocycles. The van der Waals surface area contributed by atoms with Gasteiger partial charge in [-0.1, -0.05) is 6.92 Å². The first-order valence-electron chi connectivity index (χ1n) is 10.6. The van der Waals surface area contributed by atoms with Crippen LogP contribution in [0.15, 0.2) is 12.1 Å². The van der Waals surface area contributed by atoms with E-state index in [0.29, 0.717) is 42.7 Å². The summed E-state index contributed by atoms with van der Waals surface area (Å²) in [7, 11) is 0. The smallest absolute Gasteiger partial charge is 0.267 e. The number of rotatable bonds is 9. The summed E-state index contributed by atoms with van der Waals surface area (Å²) >= 11 is 1.45. The van der Waals surface area contributed by atoms with E-state index < -0.39 is 0 Å². The zero-order valence-electron chi connectivity index (χ0n) is 18.2. The Morgan fingerprint density at radius 1 is 1.17 bits per heavy atom. The number of nitrogens with zero attached hydrogens (tertiary/aromatic N) is 2. The number of anilines is 2. The van der Waals surface area contributed by atoms with Gasteiger partial charge >= 0.3 is 0 Å². The average Bonchev–Trinajstić information content (AvgIpc) is 3.11. The lowest BCUT2D eigenvalue weighted by molar-refractivity contribution is 0.102. The highest BCUT2D eigenvalue weighted by Crippen LogP contribution is 2.39. The van der Waals surface area contributed by atoms with Gasteiger partial charge in [-0.05, 0) is 33.6 Å². The van der Waals surface area contributed by atoms with Crippen molar-refractivity contribution in [3.63, 3.8) is 0 Å². The molecular weight excluding hydrogens is 402 g/mol. The zero-order valence-corrected chi connectivity index (χ0v) is 19.1. The highest BCUT2D eigenvalue weighted by molar-refractivity contribution is 7.13. The van der Waals surface area contributed by atoms with Crippen LogP contribution in [0.4, 0.5) is 11.4 Å². The molecule has 7 nitrogen and oxygen atoms in total. The summed E-state index contributed by atoms with van der Waals surface area (Å²) in [6.07, 6.45) is 1.88. The van der Waals surface area contributed by atoms with Gasteiger partial charge in [0.25, 0.3) is 5.91 Å². The Hall–Kier alpha value is -2.32. The van der Waals surface area contributed by atoms with Crippen molar-refractivity contribution in [2.45, 2.75) is 40.5 Å². The molecule has 8 heteroatoms. The Morgan fingerprint density at radius 3 is 2.53 bits per heavy atom. The van der Waals surface area contributed by atoms with Crippen molar-refractivity contribution in [2.75, 3.05) is 49.7 Å². The van der Waals surface area contributed by atoms with Crippen molar-refractivity contribution < 1.29 is 19.0 Å². The fourth-order valence-electron chi connectivity index (χ4n) is 3.41. The van der Waals surface area contributed by atoms with Crippen LogP contribution in [0.1, 0.15) is 47.6 Å². The maximum Gasteiger partial charge on any atom is 0.267 e. The summed E-state index contributed by atoms with van der Waals surface area (Å²) in [6, 6.07) is 3.82. The fourth-order valence-corrected chi connectivity index (χ4v) is 4.47. The molecule has 0 radical (unpaired) electrons. The van der Waals surface area contributed by atoms with Crippen LogP contribution in [0.2, 0.25) is 0 Å². The van der Waals surface area contributed by atoms with Crippen molar-refractivity contribution in [2.24, 2.45) is 0 Å². The lowest BCUT2D eigenvalue weighted by Gasteiger charge is -2.31. The highest BCUT2D eigenvalue weighted by Gasteiger charge is 2.22. The Kier molecular flexibility index (Phi) is 7.93. The number of aromatic nitrogens is 1. The molecule has 3 rings (SSSR count). The predicted molar refractivity (Wildman–Crippen MR) is 121 cm³/mol. The minimum absolute atomic E-state index is 0.171. The van der Waals surface area contributed by atoms with Gasteiger partial charge in [0.15, 0.2) is 0 Å². The van der Waals surface area contributed by atoms with Crippen molar-refractivity contribution >= 4 is 28.6 Å². The zero-order chi connectivity index (χ0) is 21.5. The second-order valence-corrected chi connectivity index (χ2v) is 8.09. The van der Waals surface area contributed by atoms with Crippen molar-refractivity contribution in [1.82, 2.24) is 4.98 Å². The van der Waals surface area contributed by atoms with Gasteiger partial charge in [0, 0.05) is 25.2 Å². The minimum atomic E-state index is -0.171. The maximum absolute atomic E-state index is 13.0. The van der Waals surface area contributed by atoms with Gasteiger partial charge in [-0.25, -0.2) is 4.98 Å². The highest BCUT2D eigenvalue weighted by atomic mass is 32.1. The average molecular weight is 434 g/mol. The van der Waals surface area contributed by atoms with Gasteiger partial charge in [-0.2, -0.15) is 0 Å². The van der Waals surface area contributed by atoms with Crippen LogP contribution in [0.3, 0.4) is 0 Å². The number of ether oxygens (including phenoxy) is 3. The van der Waals surface area contributed by atoms with Crippen LogP contribution in [0.25, 0.3) is 0 Å². The quantitative estimate of drug-likeness (QED) is 0.636. The number of morpholine rings is 1. The third kappa shape index (κ3) is 5.23. The molecule has 1 N–H and O–H groups in total. The molecule has 2 heterocycles. The standard InChI is InChI=1S/C22H31N3O4S/c1-5-8-20-23-15(4)21(30-20)22(26)24-16-13-19(29-7-3)17(14-18(16)28-6-2)25-9-11-27-12-10-25/h13-14H,5-12H2,1-4H3,(H,24,26). The number of nitrogens with one attached hydrogen (secondary N) is 1. The van der Waals surface area contributed by atoms with Crippen LogP contribution >= 0.6 is 11.3 Å². The summed E-state index contributed by atoms with van der Waals surface area (Å²) in [5.41, 5.74) is 2.32. The Bertz CT molecular complexity index is 862. The number of carbonyl (C=O) groups is 1. The molecule has 0 atom stereocenters. The van der Waals surface area contributed by atoms with Gasteiger partial charge in [0.05, 0.1) is 48.5 Å². The molecule has 0 bridgehead atoms. The van der Waals surface area contributed by atoms with Crippen molar-refractivity contribution in [3.8, 4) is 11.5 Å². The lowest BCUT2D eigenvalue weighted by Crippen LogP contribution is -2.36. The number of hydrogen-bond acceptors (Lipinski definition) is 7. The van der Waals surface area contributed by atoms with Crippen LogP contribution in [0, 0.1) is 6.92 Å². The number of hydrogen-bond donors (Lipinski definition) is 1. The maximum atomic E-state index is 13.0. The van der Waals surface area contributed by atoms with E-state index in [-0.39, 0.29) is 5.91 Å². The van der Waals surface area contributed by atoms with E-state index in [1.807, 2.05) is 32.9 Å². The van der Waals surface area contributed by atoms with Crippen LogP contribution in [-0.4, -0.2) is 50.4 Å². The van der Waals surface area contributed by atoms with Crippen molar-refractivity contribution in [3.05, 3.63) is 27.7 Å². The minimum Gasteiger partial charge on any atom is -0.492 e. The summed E-state index contributed by atoms with van der Waals surface area (Å²) in [4.78, 5) is 20.4. The van der Waals surface area contributed by atoms with Gasteiger partial charge in [0.1, 0.15) is 16.4 Å². The van der Waals surface area contributed by atoms with Gasteiger partial charge in [-0.3, -0.25) is 4.79 Å². The second kappa shape index (κ2) is 10.6. The second-order valence-electron chi connectivity index (χ2n) is 7.01. The molecule has 1 saturated heterocycles. The number of thiazole rings is 1. The van der Waals surface area contributed by atoms with E-state index in [2.05, 4.69) is 22.1 Å². The van der Waals surface area contributed by atoms with E-state index in [1.54, 1.807) is 0 Å². The monoisotopic (exact) mass is 433 g/mol. The van der Waals surface area contributed by atoms with Crippen molar-refractivity contribution in [1.29, 1.82) is 0 Å². The summed E-state index contributed by atoms with van der Waals surface area (Å²) in [5.74, 6) is 1.19. The predicted octanol–water partition coefficient (Wildman–Crippen LogP) is 4.29. The Labute approximate surface area is 182 Å². The molecule has 1 fully saturated rings. The number of carbonyl (C=O) groups excluding carboxylic acids is 1. The molecule has 164 valence electrons. The van der Waals surface area contributed by atoms with Gasteiger partial charge in [-0.15, -0.1) is 11.3 Å². The molecule has 1 amide bonds. The van der Waals surface area contributed by atoms with E-state index in [0.717, 1.165) is 48.1 Å². The van der Waals surface area contributed by atoms with Crippen LogP contribution in [0.5, 0.6) is 11.5 Å². The van der Waals surface area contributed by atoms with Crippen LogP contribution < -0.4 is 19.7 Å². The molecule has 0 saturated carbocycles. The molecule has 0 spiro atoms. The number of benzene rings is 1. The first kappa shape index (κ1) is 22.4. The summed E-state index contributed by atoms with van der Waals surface area (Å²) in [5, 5.41) is 4.01. The number of amides is 1. The molecule has 0 unspecified atom stereocenters. The molecule has 1 aliphatic rings. The normalized spacial score (nSPS) is 13.9. The Morgan fingerprint density at radius 2 is 1.87 bits per heavy atom. The van der Waals surface area contributed by atoms with Gasteiger partial charge in [0.2, 0.25) is 0 Å². The topological polar surface area (TPSA) is 72.9 Å². The first-order valence-corrected chi connectivity index (χ1v) is 11.4. The largest absolute Gasteiger partial charge is 0.492 e. The molecule has 0 aliphatic carbocycles. The fraction of sp³-hybridized carbons (Fsp3) is 0.545. The molecular formula is C22H31N3O4S. The van der Waals surface area contributed by atoms with E-state index >= 15 is 0 Å². The first-order chi connectivity index (χ1) is 14.6. The molecule has 2 aromatic rings.